The number of hydrogen-bond donors (Lipinski definition) is 5. The first kappa shape index (κ1) is 27.8. The molecule has 0 radical (unpaired) electrons. The fourth-order valence-electron chi connectivity index (χ4n) is 3.03. The molecule has 2 atom stereocenters. The van der Waals surface area contributed by atoms with Gasteiger partial charge in [-0.05, 0) is 12.8 Å². The summed E-state index contributed by atoms with van der Waals surface area (Å²) in [5.41, 5.74) is 0. The lowest BCUT2D eigenvalue weighted by Crippen LogP contribution is -2.53. The highest BCUT2D eigenvalue weighted by Crippen LogP contribution is 2.11. The van der Waals surface area contributed by atoms with Crippen molar-refractivity contribution < 1.29 is 34.5 Å². The first-order valence-electron chi connectivity index (χ1n) is 11.0. The molecule has 30 heavy (non-hydrogen) atoms. The summed E-state index contributed by atoms with van der Waals surface area (Å²) in [5.74, 6) is -3.80. The van der Waals surface area contributed by atoms with Gasteiger partial charge < -0.3 is 26.0 Å². The molecule has 9 nitrogen and oxygen atoms in total. The van der Waals surface area contributed by atoms with Crippen LogP contribution >= 0.6 is 0 Å². The van der Waals surface area contributed by atoms with Crippen molar-refractivity contribution >= 4 is 23.8 Å². The predicted molar refractivity (Wildman–Crippen MR) is 112 cm³/mol. The lowest BCUT2D eigenvalue weighted by molar-refractivity contribution is -0.143. The van der Waals surface area contributed by atoms with Crippen LogP contribution in [0.25, 0.3) is 0 Å². The number of hydrogen-bond acceptors (Lipinski definition) is 5. The average molecular weight is 431 g/mol. The lowest BCUT2D eigenvalue weighted by Gasteiger charge is -2.19. The number of aliphatic carboxylic acids is 2. The maximum Gasteiger partial charge on any atom is 0.326 e. The van der Waals surface area contributed by atoms with Crippen LogP contribution in [0.15, 0.2) is 0 Å². The van der Waals surface area contributed by atoms with Gasteiger partial charge in [-0.25, -0.2) is 4.79 Å². The topological polar surface area (TPSA) is 153 Å². The maximum atomic E-state index is 12.1. The molecule has 2 amide bonds. The molecule has 0 aromatic carbocycles. The van der Waals surface area contributed by atoms with Gasteiger partial charge >= 0.3 is 11.9 Å². The molecule has 0 aliphatic carbocycles. The molecule has 0 aliphatic rings. The number of rotatable bonds is 19. The first-order chi connectivity index (χ1) is 14.3. The summed E-state index contributed by atoms with van der Waals surface area (Å²) in [6.45, 7) is 1.52. The summed E-state index contributed by atoms with van der Waals surface area (Å²) >= 11 is 0. The Labute approximate surface area is 178 Å². The second-order valence-corrected chi connectivity index (χ2v) is 7.57. The summed E-state index contributed by atoms with van der Waals surface area (Å²) in [6, 6.07) is -2.67. The largest absolute Gasteiger partial charge is 0.481 e. The number of nitrogens with one attached hydrogen (secondary N) is 2. The van der Waals surface area contributed by atoms with Gasteiger partial charge in [-0.2, -0.15) is 0 Å². The molecule has 0 bridgehead atoms. The summed E-state index contributed by atoms with van der Waals surface area (Å²) in [5, 5.41) is 31.6. The number of carbonyl (C=O) groups excluding carboxylic acids is 2. The van der Waals surface area contributed by atoms with E-state index in [2.05, 4.69) is 17.6 Å². The molecule has 0 aromatic rings. The van der Waals surface area contributed by atoms with Crippen LogP contribution in [0.5, 0.6) is 0 Å². The van der Waals surface area contributed by atoms with Crippen LogP contribution in [0, 0.1) is 0 Å². The minimum Gasteiger partial charge on any atom is -0.481 e. The smallest absolute Gasteiger partial charge is 0.326 e. The van der Waals surface area contributed by atoms with Gasteiger partial charge in [0, 0.05) is 12.8 Å². The first-order valence-corrected chi connectivity index (χ1v) is 11.0. The Balaban J connectivity index is 4.08. The summed E-state index contributed by atoms with van der Waals surface area (Å²) < 4.78 is 0. The van der Waals surface area contributed by atoms with Crippen molar-refractivity contribution in [3.8, 4) is 0 Å². The predicted octanol–water partition coefficient (Wildman–Crippen LogP) is 2.21. The van der Waals surface area contributed by atoms with Crippen molar-refractivity contribution in [1.82, 2.24) is 10.6 Å². The highest BCUT2D eigenvalue weighted by atomic mass is 16.4. The number of unbranched alkanes of at least 4 members (excludes halogenated alkanes) is 9. The molecule has 0 spiro atoms. The highest BCUT2D eigenvalue weighted by molar-refractivity contribution is 5.90. The van der Waals surface area contributed by atoms with Crippen molar-refractivity contribution in [2.45, 2.75) is 102 Å². The molecule has 0 aromatic heterocycles. The average Bonchev–Trinajstić information content (AvgIpc) is 2.70. The van der Waals surface area contributed by atoms with E-state index in [4.69, 9.17) is 10.2 Å². The SMILES string of the molecule is CCCCCCCCCCCCC(=O)N[C@@H](CO)C(=O)N[C@H](CCC(=O)O)C(=O)O. The zero-order valence-corrected chi connectivity index (χ0v) is 18.0. The molecule has 0 heterocycles. The van der Waals surface area contributed by atoms with Crippen LogP contribution in [-0.4, -0.2) is 57.8 Å². The quantitative estimate of drug-likeness (QED) is 0.197. The number of aliphatic hydroxyl groups excluding tert-OH is 1. The zero-order chi connectivity index (χ0) is 22.8. The van der Waals surface area contributed by atoms with Gasteiger partial charge in [0.1, 0.15) is 12.1 Å². The molecule has 0 unspecified atom stereocenters. The Morgan fingerprint density at radius 1 is 0.733 bits per heavy atom. The van der Waals surface area contributed by atoms with E-state index in [1.165, 1.54) is 38.5 Å². The third-order valence-electron chi connectivity index (χ3n) is 4.85. The normalized spacial score (nSPS) is 12.7. The van der Waals surface area contributed by atoms with Crippen molar-refractivity contribution in [2.75, 3.05) is 6.61 Å². The summed E-state index contributed by atoms with van der Waals surface area (Å²) in [4.78, 5) is 45.8. The van der Waals surface area contributed by atoms with E-state index in [1.807, 2.05) is 0 Å². The zero-order valence-electron chi connectivity index (χ0n) is 18.0. The molecular weight excluding hydrogens is 392 g/mol. The van der Waals surface area contributed by atoms with Crippen LogP contribution < -0.4 is 10.6 Å². The summed E-state index contributed by atoms with van der Waals surface area (Å²) in [6.07, 6.45) is 10.8. The van der Waals surface area contributed by atoms with E-state index >= 15 is 0 Å². The van der Waals surface area contributed by atoms with Crippen molar-refractivity contribution in [1.29, 1.82) is 0 Å². The van der Waals surface area contributed by atoms with E-state index in [1.54, 1.807) is 0 Å². The third-order valence-corrected chi connectivity index (χ3v) is 4.85. The monoisotopic (exact) mass is 430 g/mol. The Bertz CT molecular complexity index is 525. The van der Waals surface area contributed by atoms with Gasteiger partial charge in [0.25, 0.3) is 0 Å². The van der Waals surface area contributed by atoms with Gasteiger partial charge in [-0.1, -0.05) is 64.7 Å². The molecule has 0 rings (SSSR count). The van der Waals surface area contributed by atoms with E-state index in [-0.39, 0.29) is 18.7 Å². The molecule has 5 N–H and O–H groups in total. The number of carbonyl (C=O) groups is 4. The third kappa shape index (κ3) is 14.8. The standard InChI is InChI=1S/C21H38N2O7/c1-2-3-4-5-6-7-8-9-10-11-12-18(25)22-17(15-24)20(28)23-16(21(29)30)13-14-19(26)27/h16-17,24H,2-15H2,1H3,(H,22,25)(H,23,28)(H,26,27)(H,29,30)/t16-,17+/m1/s1. The number of amides is 2. The fraction of sp³-hybridized carbons (Fsp3) is 0.810. The van der Waals surface area contributed by atoms with Crippen molar-refractivity contribution in [3.63, 3.8) is 0 Å². The summed E-state index contributed by atoms with van der Waals surface area (Å²) in [7, 11) is 0. The second-order valence-electron chi connectivity index (χ2n) is 7.57. The Kier molecular flexibility index (Phi) is 16.4. The van der Waals surface area contributed by atoms with Crippen LogP contribution in [0.2, 0.25) is 0 Å². The molecule has 0 fully saturated rings. The molecule has 0 saturated carbocycles. The maximum absolute atomic E-state index is 12.1. The molecule has 9 heteroatoms. The van der Waals surface area contributed by atoms with Gasteiger partial charge in [0.15, 0.2) is 0 Å². The minimum absolute atomic E-state index is 0.224. The van der Waals surface area contributed by atoms with E-state index in [0.29, 0.717) is 6.42 Å². The van der Waals surface area contributed by atoms with Crippen LogP contribution in [0.3, 0.4) is 0 Å². The number of carboxylic acid groups (broad SMARTS) is 2. The Morgan fingerprint density at radius 3 is 1.73 bits per heavy atom. The highest BCUT2D eigenvalue weighted by Gasteiger charge is 2.26. The van der Waals surface area contributed by atoms with E-state index < -0.39 is 43.0 Å². The number of carboxylic acids is 2. The second kappa shape index (κ2) is 17.7. The number of aliphatic hydroxyl groups is 1. The van der Waals surface area contributed by atoms with Crippen LogP contribution in [0.1, 0.15) is 90.4 Å². The molecule has 174 valence electrons. The van der Waals surface area contributed by atoms with Gasteiger partial charge in [0.05, 0.1) is 6.61 Å². The molecule has 0 aliphatic heterocycles. The van der Waals surface area contributed by atoms with Gasteiger partial charge in [-0.3, -0.25) is 14.4 Å². The molecular formula is C21H38N2O7. The van der Waals surface area contributed by atoms with Gasteiger partial charge in [0.2, 0.25) is 11.8 Å². The van der Waals surface area contributed by atoms with Crippen LogP contribution in [-0.2, 0) is 19.2 Å². The minimum atomic E-state index is -1.40. The lowest BCUT2D eigenvalue weighted by atomic mass is 10.1. The fourth-order valence-corrected chi connectivity index (χ4v) is 3.03. The molecule has 0 saturated heterocycles. The van der Waals surface area contributed by atoms with Gasteiger partial charge in [-0.15, -0.1) is 0 Å². The van der Waals surface area contributed by atoms with E-state index in [9.17, 15) is 24.3 Å². The van der Waals surface area contributed by atoms with Crippen LogP contribution in [0.4, 0.5) is 0 Å². The van der Waals surface area contributed by atoms with Crippen molar-refractivity contribution in [3.05, 3.63) is 0 Å². The van der Waals surface area contributed by atoms with Crippen molar-refractivity contribution in [2.24, 2.45) is 0 Å². The van der Waals surface area contributed by atoms with E-state index in [0.717, 1.165) is 19.3 Å². The Morgan fingerprint density at radius 2 is 1.27 bits per heavy atom. The Hall–Kier alpha value is -2.16.